The van der Waals surface area contributed by atoms with Gasteiger partial charge in [0.25, 0.3) is 0 Å². The van der Waals surface area contributed by atoms with Crippen LogP contribution in [0.4, 0.5) is 0 Å². The number of carbonyl (C=O) groups is 1. The van der Waals surface area contributed by atoms with E-state index in [1.54, 1.807) is 14.2 Å². The Hall–Kier alpha value is -1.59. The lowest BCUT2D eigenvalue weighted by Crippen LogP contribution is -2.54. The van der Waals surface area contributed by atoms with E-state index >= 15 is 0 Å². The molecule has 2 aliphatic heterocycles. The van der Waals surface area contributed by atoms with E-state index < -0.39 is 6.10 Å². The van der Waals surface area contributed by atoms with E-state index in [1.165, 1.54) is 0 Å². The van der Waals surface area contributed by atoms with Crippen LogP contribution in [0.15, 0.2) is 12.1 Å². The highest BCUT2D eigenvalue weighted by atomic mass is 16.5. The van der Waals surface area contributed by atoms with Crippen LogP contribution in [0.2, 0.25) is 0 Å². The zero-order valence-electron chi connectivity index (χ0n) is 14.9. The third-order valence-corrected chi connectivity index (χ3v) is 5.23. The van der Waals surface area contributed by atoms with Crippen LogP contribution in [0.3, 0.4) is 0 Å². The molecule has 5 heteroatoms. The van der Waals surface area contributed by atoms with E-state index in [9.17, 15) is 9.90 Å². The minimum atomic E-state index is -0.973. The molecule has 0 amide bonds. The summed E-state index contributed by atoms with van der Waals surface area (Å²) in [7, 11) is 3.22. The minimum Gasteiger partial charge on any atom is -0.493 e. The van der Waals surface area contributed by atoms with Crippen LogP contribution in [0.5, 0.6) is 11.5 Å². The van der Waals surface area contributed by atoms with Gasteiger partial charge >= 0.3 is 0 Å². The van der Waals surface area contributed by atoms with Gasteiger partial charge in [0, 0.05) is 19.0 Å². The molecule has 1 N–H and O–H groups in total. The van der Waals surface area contributed by atoms with Gasteiger partial charge in [-0.05, 0) is 42.0 Å². The second-order valence-electron chi connectivity index (χ2n) is 7.27. The molecule has 132 valence electrons. The van der Waals surface area contributed by atoms with Crippen molar-refractivity contribution < 1.29 is 19.4 Å². The van der Waals surface area contributed by atoms with Crippen molar-refractivity contribution in [2.45, 2.75) is 38.8 Å². The number of fused-ring (bicyclic) bond motifs is 3. The van der Waals surface area contributed by atoms with Gasteiger partial charge in [-0.25, -0.2) is 0 Å². The Bertz CT molecular complexity index is 628. The maximum atomic E-state index is 12.7. The highest BCUT2D eigenvalue weighted by molar-refractivity contribution is 5.87. The molecule has 5 nitrogen and oxygen atoms in total. The molecule has 1 aromatic rings. The summed E-state index contributed by atoms with van der Waals surface area (Å²) < 4.78 is 10.8. The van der Waals surface area contributed by atoms with Crippen LogP contribution in [0.1, 0.15) is 37.4 Å². The Morgan fingerprint density at radius 3 is 2.54 bits per heavy atom. The molecule has 0 saturated carbocycles. The van der Waals surface area contributed by atoms with Crippen LogP contribution < -0.4 is 9.47 Å². The first-order chi connectivity index (χ1) is 11.5. The monoisotopic (exact) mass is 333 g/mol. The number of rotatable bonds is 4. The highest BCUT2D eigenvalue weighted by Crippen LogP contribution is 2.42. The fraction of sp³-hybridized carbons (Fsp3) is 0.632. The fourth-order valence-corrected chi connectivity index (χ4v) is 4.13. The molecule has 0 aromatic heterocycles. The van der Waals surface area contributed by atoms with Crippen LogP contribution in [-0.2, 0) is 11.2 Å². The molecule has 24 heavy (non-hydrogen) atoms. The summed E-state index contributed by atoms with van der Waals surface area (Å²) in [6.45, 7) is 5.82. The van der Waals surface area contributed by atoms with Crippen molar-refractivity contribution in [3.63, 3.8) is 0 Å². The summed E-state index contributed by atoms with van der Waals surface area (Å²) in [4.78, 5) is 14.9. The number of ketones is 1. The van der Waals surface area contributed by atoms with Gasteiger partial charge in [0.1, 0.15) is 6.10 Å². The van der Waals surface area contributed by atoms with Gasteiger partial charge < -0.3 is 14.6 Å². The predicted octanol–water partition coefficient (Wildman–Crippen LogP) is 2.21. The molecule has 3 atom stereocenters. The number of methoxy groups -OCH3 is 2. The molecular formula is C19H27NO4. The average molecular weight is 333 g/mol. The van der Waals surface area contributed by atoms with Crippen molar-refractivity contribution in [1.29, 1.82) is 0 Å². The second-order valence-corrected chi connectivity index (χ2v) is 7.27. The summed E-state index contributed by atoms with van der Waals surface area (Å²) in [5.74, 6) is 1.69. The molecule has 3 unspecified atom stereocenters. The molecule has 1 aromatic carbocycles. The largest absolute Gasteiger partial charge is 0.493 e. The number of ether oxygens (including phenoxy) is 2. The Morgan fingerprint density at radius 1 is 1.25 bits per heavy atom. The first-order valence-corrected chi connectivity index (χ1v) is 8.66. The summed E-state index contributed by atoms with van der Waals surface area (Å²) in [6.07, 6.45) is 0.749. The lowest BCUT2D eigenvalue weighted by atomic mass is 9.78. The van der Waals surface area contributed by atoms with E-state index in [2.05, 4.69) is 18.7 Å². The number of piperidine rings is 1. The number of carbonyl (C=O) groups excluding carboxylic acids is 1. The molecule has 3 rings (SSSR count). The fourth-order valence-electron chi connectivity index (χ4n) is 4.13. The van der Waals surface area contributed by atoms with E-state index in [1.807, 2.05) is 12.1 Å². The molecule has 0 bridgehead atoms. The van der Waals surface area contributed by atoms with E-state index in [4.69, 9.17) is 9.47 Å². The second kappa shape index (κ2) is 6.73. The SMILES string of the molecule is COc1cc2c(cc1OC)C1C(O)C(=O)C(CC(C)C)CN1CC2. The van der Waals surface area contributed by atoms with Crippen molar-refractivity contribution in [2.75, 3.05) is 27.3 Å². The number of benzene rings is 1. The van der Waals surface area contributed by atoms with Gasteiger partial charge in [-0.15, -0.1) is 0 Å². The summed E-state index contributed by atoms with van der Waals surface area (Å²) in [5.41, 5.74) is 2.12. The van der Waals surface area contributed by atoms with Crippen LogP contribution >= 0.6 is 0 Å². The number of nitrogens with zero attached hydrogens (tertiary/aromatic N) is 1. The van der Waals surface area contributed by atoms with Crippen molar-refractivity contribution >= 4 is 5.78 Å². The van der Waals surface area contributed by atoms with Crippen molar-refractivity contribution in [1.82, 2.24) is 4.90 Å². The Morgan fingerprint density at radius 2 is 1.92 bits per heavy atom. The first-order valence-electron chi connectivity index (χ1n) is 8.66. The highest BCUT2D eigenvalue weighted by Gasteiger charge is 2.44. The number of aliphatic hydroxyl groups excluding tert-OH is 1. The van der Waals surface area contributed by atoms with Gasteiger partial charge in [-0.2, -0.15) is 0 Å². The van der Waals surface area contributed by atoms with E-state index in [-0.39, 0.29) is 17.7 Å². The normalized spacial score (nSPS) is 26.9. The minimum absolute atomic E-state index is 0.0208. The third-order valence-electron chi connectivity index (χ3n) is 5.23. The van der Waals surface area contributed by atoms with Crippen LogP contribution in [0.25, 0.3) is 0 Å². The zero-order chi connectivity index (χ0) is 17.4. The van der Waals surface area contributed by atoms with Gasteiger partial charge in [-0.1, -0.05) is 13.8 Å². The van der Waals surface area contributed by atoms with Gasteiger partial charge in [0.2, 0.25) is 0 Å². The van der Waals surface area contributed by atoms with Gasteiger partial charge in [-0.3, -0.25) is 9.69 Å². The van der Waals surface area contributed by atoms with Crippen molar-refractivity contribution in [2.24, 2.45) is 11.8 Å². The molecule has 2 aliphatic rings. The number of Topliss-reactive ketones (excluding diaryl/α,β-unsaturated/α-hetero) is 1. The number of hydrogen-bond donors (Lipinski definition) is 1. The number of hydrogen-bond acceptors (Lipinski definition) is 5. The third kappa shape index (κ3) is 2.91. The van der Waals surface area contributed by atoms with Gasteiger partial charge in [0.15, 0.2) is 17.3 Å². The molecule has 1 fully saturated rings. The van der Waals surface area contributed by atoms with Gasteiger partial charge in [0.05, 0.1) is 20.3 Å². The van der Waals surface area contributed by atoms with Crippen molar-refractivity contribution in [3.8, 4) is 11.5 Å². The first kappa shape index (κ1) is 17.2. The molecule has 2 heterocycles. The molecule has 0 aliphatic carbocycles. The Kier molecular flexibility index (Phi) is 4.83. The maximum Gasteiger partial charge on any atom is 0.167 e. The van der Waals surface area contributed by atoms with E-state index in [0.29, 0.717) is 17.4 Å². The smallest absolute Gasteiger partial charge is 0.167 e. The molecular weight excluding hydrogens is 306 g/mol. The maximum absolute atomic E-state index is 12.7. The summed E-state index contributed by atoms with van der Waals surface area (Å²) in [5, 5.41) is 10.7. The summed E-state index contributed by atoms with van der Waals surface area (Å²) in [6, 6.07) is 3.62. The lowest BCUT2D eigenvalue weighted by Gasteiger charge is -2.45. The lowest BCUT2D eigenvalue weighted by molar-refractivity contribution is -0.143. The van der Waals surface area contributed by atoms with Crippen LogP contribution in [-0.4, -0.2) is 49.2 Å². The summed E-state index contributed by atoms with van der Waals surface area (Å²) >= 11 is 0. The zero-order valence-corrected chi connectivity index (χ0v) is 14.9. The molecule has 1 saturated heterocycles. The standard InChI is InChI=1S/C19H27NO4/c1-11(2)7-13-10-20-6-5-12-8-15(23-3)16(24-4)9-14(12)17(20)19(22)18(13)21/h8-9,11,13,17,19,22H,5-7,10H2,1-4H3. The molecule has 0 radical (unpaired) electrons. The molecule has 0 spiro atoms. The van der Waals surface area contributed by atoms with Crippen molar-refractivity contribution in [3.05, 3.63) is 23.3 Å². The topological polar surface area (TPSA) is 59.0 Å². The Balaban J connectivity index is 1.95. The van der Waals surface area contributed by atoms with Crippen LogP contribution in [0, 0.1) is 11.8 Å². The average Bonchev–Trinajstić information content (AvgIpc) is 2.57. The predicted molar refractivity (Wildman–Crippen MR) is 91.5 cm³/mol. The quantitative estimate of drug-likeness (QED) is 0.915. The Labute approximate surface area is 143 Å². The van der Waals surface area contributed by atoms with E-state index in [0.717, 1.165) is 37.1 Å². The number of aliphatic hydroxyl groups is 1.